The maximum atomic E-state index is 10.0. The third-order valence-electron chi connectivity index (χ3n) is 0.891. The van der Waals surface area contributed by atoms with Gasteiger partial charge in [0, 0.05) is 7.05 Å². The summed E-state index contributed by atoms with van der Waals surface area (Å²) in [5.41, 5.74) is 0. The zero-order valence-electron chi connectivity index (χ0n) is 4.76. The molecule has 1 N–H and O–H groups in total. The summed E-state index contributed by atoms with van der Waals surface area (Å²) in [7, 11) is 1.50. The Balaban J connectivity index is 3.64. The van der Waals surface area contributed by atoms with Crippen molar-refractivity contribution in [3.63, 3.8) is 0 Å². The van der Waals surface area contributed by atoms with Gasteiger partial charge in [0.15, 0.2) is 0 Å². The van der Waals surface area contributed by atoms with Crippen molar-refractivity contribution in [1.29, 1.82) is 0 Å². The highest BCUT2D eigenvalue weighted by Crippen LogP contribution is 1.96. The lowest BCUT2D eigenvalue weighted by atomic mass is 10.4. The van der Waals surface area contributed by atoms with E-state index >= 15 is 0 Å². The molecule has 48 valence electrons. The molecule has 0 aliphatic heterocycles. The van der Waals surface area contributed by atoms with Crippen LogP contribution in [0.15, 0.2) is 0 Å². The van der Waals surface area contributed by atoms with Crippen LogP contribution >= 0.6 is 11.8 Å². The summed E-state index contributed by atoms with van der Waals surface area (Å²) in [5.74, 6) is -0.914. The first-order chi connectivity index (χ1) is 3.55. The van der Waals surface area contributed by atoms with E-state index in [1.165, 1.54) is 14.0 Å². The molecule has 4 heteroatoms. The third kappa shape index (κ3) is 2.14. The fraction of sp³-hybridized carbons (Fsp3) is 0.750. The number of hydrogen-bond donors (Lipinski definition) is 1. The van der Waals surface area contributed by atoms with E-state index < -0.39 is 12.0 Å². The molecule has 0 rings (SSSR count). The summed E-state index contributed by atoms with van der Waals surface area (Å²) >= 11 is 5.28. The van der Waals surface area contributed by atoms with E-state index in [-0.39, 0.29) is 0 Å². The van der Waals surface area contributed by atoms with E-state index in [2.05, 4.69) is 0 Å². The topological polar surface area (TPSA) is 40.5 Å². The monoisotopic (exact) mass is 137 g/mol. The quantitative estimate of drug-likeness (QED) is 0.565. The van der Waals surface area contributed by atoms with Crippen LogP contribution in [-0.4, -0.2) is 28.6 Å². The van der Waals surface area contributed by atoms with E-state index in [4.69, 9.17) is 16.9 Å². The highest BCUT2D eigenvalue weighted by molar-refractivity contribution is 6.14. The van der Waals surface area contributed by atoms with Crippen LogP contribution in [0.25, 0.3) is 0 Å². The van der Waals surface area contributed by atoms with Gasteiger partial charge in [0.1, 0.15) is 6.04 Å². The molecule has 3 nitrogen and oxygen atoms in total. The molecule has 0 aromatic rings. The van der Waals surface area contributed by atoms with Crippen LogP contribution < -0.4 is 0 Å². The highest BCUT2D eigenvalue weighted by atomic mass is 35.5. The fourth-order valence-electron chi connectivity index (χ4n) is 0.152. The molecule has 1 atom stereocenters. The van der Waals surface area contributed by atoms with E-state index in [0.717, 1.165) is 4.42 Å². The molecule has 0 amide bonds. The molecule has 0 aromatic carbocycles. The number of carbonyl (C=O) groups is 1. The van der Waals surface area contributed by atoms with Gasteiger partial charge < -0.3 is 5.11 Å². The molecule has 0 radical (unpaired) electrons. The van der Waals surface area contributed by atoms with Gasteiger partial charge in [-0.1, -0.05) is 0 Å². The van der Waals surface area contributed by atoms with Crippen LogP contribution in [0, 0.1) is 0 Å². The lowest BCUT2D eigenvalue weighted by Gasteiger charge is -2.10. The summed E-state index contributed by atoms with van der Waals surface area (Å²) in [6.07, 6.45) is 0. The first kappa shape index (κ1) is 7.72. The maximum absolute atomic E-state index is 10.0. The Morgan fingerprint density at radius 2 is 2.25 bits per heavy atom. The number of nitrogens with zero attached hydrogens (tertiary/aromatic N) is 1. The molecule has 8 heavy (non-hydrogen) atoms. The SMILES string of the molecule is CC(C(=O)O)N(C)Cl. The Kier molecular flexibility index (Phi) is 2.79. The Morgan fingerprint density at radius 1 is 1.88 bits per heavy atom. The second kappa shape index (κ2) is 2.89. The van der Waals surface area contributed by atoms with Gasteiger partial charge in [-0.2, -0.15) is 0 Å². The number of aliphatic carboxylic acids is 1. The van der Waals surface area contributed by atoms with Crippen molar-refractivity contribution >= 4 is 17.7 Å². The smallest absolute Gasteiger partial charge is 0.321 e. The Bertz CT molecular complexity index is 94.0. The molecule has 1 unspecified atom stereocenters. The van der Waals surface area contributed by atoms with Crippen molar-refractivity contribution in [3.05, 3.63) is 0 Å². The molecule has 0 bridgehead atoms. The number of likely N-dealkylation sites (N-methyl/N-ethyl adjacent to an activating group) is 1. The van der Waals surface area contributed by atoms with Crippen LogP contribution in [0.1, 0.15) is 6.92 Å². The molecule has 0 aliphatic carbocycles. The number of halogens is 1. The number of hydrogen-bond acceptors (Lipinski definition) is 2. The largest absolute Gasteiger partial charge is 0.480 e. The average Bonchev–Trinajstić information content (AvgIpc) is 1.64. The van der Waals surface area contributed by atoms with Crippen LogP contribution in [0.2, 0.25) is 0 Å². The Labute approximate surface area is 53.0 Å². The molecule has 0 spiro atoms. The predicted molar refractivity (Wildman–Crippen MR) is 30.7 cm³/mol. The molecule has 0 fully saturated rings. The average molecular weight is 138 g/mol. The van der Waals surface area contributed by atoms with Gasteiger partial charge in [-0.3, -0.25) is 4.79 Å². The predicted octanol–water partition coefficient (Wildman–Crippen LogP) is 0.545. The van der Waals surface area contributed by atoms with E-state index in [9.17, 15) is 4.79 Å². The third-order valence-corrected chi connectivity index (χ3v) is 1.18. The zero-order valence-corrected chi connectivity index (χ0v) is 5.51. The zero-order chi connectivity index (χ0) is 6.73. The van der Waals surface area contributed by atoms with E-state index in [1.807, 2.05) is 0 Å². The van der Waals surface area contributed by atoms with Crippen LogP contribution in [0.5, 0.6) is 0 Å². The summed E-state index contributed by atoms with van der Waals surface area (Å²) < 4.78 is 1.11. The van der Waals surface area contributed by atoms with Crippen LogP contribution in [-0.2, 0) is 4.79 Å². The Hall–Kier alpha value is -0.280. The summed E-state index contributed by atoms with van der Waals surface area (Å²) in [6.45, 7) is 1.51. The minimum atomic E-state index is -0.914. The number of carboxylic acids is 1. The summed E-state index contributed by atoms with van der Waals surface area (Å²) in [5, 5.41) is 8.23. The first-order valence-corrected chi connectivity index (χ1v) is 2.51. The molecule has 0 aliphatic rings. The van der Waals surface area contributed by atoms with E-state index in [0.29, 0.717) is 0 Å². The van der Waals surface area contributed by atoms with Crippen molar-refractivity contribution in [2.24, 2.45) is 0 Å². The van der Waals surface area contributed by atoms with Gasteiger partial charge in [-0.05, 0) is 18.7 Å². The molecule has 0 heterocycles. The van der Waals surface area contributed by atoms with Crippen LogP contribution in [0.3, 0.4) is 0 Å². The van der Waals surface area contributed by atoms with Gasteiger partial charge >= 0.3 is 5.97 Å². The summed E-state index contributed by atoms with van der Waals surface area (Å²) in [4.78, 5) is 10.0. The molecule has 0 saturated heterocycles. The molecular weight excluding hydrogens is 130 g/mol. The van der Waals surface area contributed by atoms with Gasteiger partial charge in [-0.25, -0.2) is 4.42 Å². The standard InChI is InChI=1S/C4H8ClNO2/c1-3(4(7)8)6(2)5/h3H,1-2H3,(H,7,8). The van der Waals surface area contributed by atoms with Gasteiger partial charge in [-0.15, -0.1) is 0 Å². The molecule has 0 saturated carbocycles. The number of rotatable bonds is 2. The van der Waals surface area contributed by atoms with Crippen LogP contribution in [0.4, 0.5) is 0 Å². The van der Waals surface area contributed by atoms with E-state index in [1.54, 1.807) is 0 Å². The fourth-order valence-corrected chi connectivity index (χ4v) is 0.236. The lowest BCUT2D eigenvalue weighted by Crippen LogP contribution is -2.28. The van der Waals surface area contributed by atoms with Gasteiger partial charge in [0.05, 0.1) is 0 Å². The van der Waals surface area contributed by atoms with Gasteiger partial charge in [0.25, 0.3) is 0 Å². The van der Waals surface area contributed by atoms with Gasteiger partial charge in [0.2, 0.25) is 0 Å². The lowest BCUT2D eigenvalue weighted by molar-refractivity contribution is -0.140. The van der Waals surface area contributed by atoms with Crippen molar-refractivity contribution in [2.45, 2.75) is 13.0 Å². The first-order valence-electron chi connectivity index (χ1n) is 2.17. The second-order valence-corrected chi connectivity index (χ2v) is 2.07. The highest BCUT2D eigenvalue weighted by Gasteiger charge is 2.13. The summed E-state index contributed by atoms with van der Waals surface area (Å²) in [6, 6.07) is -0.614. The van der Waals surface area contributed by atoms with Crippen molar-refractivity contribution < 1.29 is 9.90 Å². The van der Waals surface area contributed by atoms with Crippen molar-refractivity contribution in [2.75, 3.05) is 7.05 Å². The maximum Gasteiger partial charge on any atom is 0.321 e. The minimum absolute atomic E-state index is 0.614. The minimum Gasteiger partial charge on any atom is -0.480 e. The second-order valence-electron chi connectivity index (χ2n) is 1.54. The Morgan fingerprint density at radius 3 is 2.25 bits per heavy atom. The normalized spacial score (nSPS) is 14.0. The van der Waals surface area contributed by atoms with Crippen molar-refractivity contribution in [3.8, 4) is 0 Å². The molecule has 0 aromatic heterocycles. The van der Waals surface area contributed by atoms with Crippen molar-refractivity contribution in [1.82, 2.24) is 4.42 Å². The molecular formula is C4H8ClNO2. The number of carboxylic acid groups (broad SMARTS) is 1.